The highest BCUT2D eigenvalue weighted by molar-refractivity contribution is 8.18. The minimum absolute atomic E-state index is 0.0272. The highest BCUT2D eigenvalue weighted by Crippen LogP contribution is 2.34. The molecule has 2 aromatic carbocycles. The summed E-state index contributed by atoms with van der Waals surface area (Å²) in [5.74, 6) is 0.381. The maximum Gasteiger partial charge on any atom is 0.293 e. The van der Waals surface area contributed by atoms with E-state index >= 15 is 0 Å². The number of fused-ring (bicyclic) bond motifs is 1. The van der Waals surface area contributed by atoms with Gasteiger partial charge in [0.1, 0.15) is 18.9 Å². The second-order valence-electron chi connectivity index (χ2n) is 8.22. The Labute approximate surface area is 207 Å². The van der Waals surface area contributed by atoms with Crippen molar-refractivity contribution >= 4 is 45.8 Å². The molecule has 5 rings (SSSR count). The average Bonchev–Trinajstić information content (AvgIpc) is 3.37. The van der Waals surface area contributed by atoms with Crippen molar-refractivity contribution in [3.63, 3.8) is 0 Å². The van der Waals surface area contributed by atoms with Gasteiger partial charge in [-0.05, 0) is 36.0 Å². The van der Waals surface area contributed by atoms with Crippen molar-refractivity contribution < 1.29 is 23.9 Å². The van der Waals surface area contributed by atoms with Gasteiger partial charge in [-0.25, -0.2) is 0 Å². The molecular formula is C26H25N3O5S. The average molecular weight is 492 g/mol. The zero-order valence-electron chi connectivity index (χ0n) is 19.1. The summed E-state index contributed by atoms with van der Waals surface area (Å²) in [4.78, 5) is 41.7. The monoisotopic (exact) mass is 491 g/mol. The summed E-state index contributed by atoms with van der Waals surface area (Å²) in [5, 5.41) is 0.602. The fourth-order valence-corrected chi connectivity index (χ4v) is 5.04. The van der Waals surface area contributed by atoms with E-state index in [4.69, 9.17) is 9.47 Å². The predicted molar refractivity (Wildman–Crippen MR) is 134 cm³/mol. The van der Waals surface area contributed by atoms with E-state index in [0.717, 1.165) is 28.2 Å². The van der Waals surface area contributed by atoms with E-state index in [9.17, 15) is 14.4 Å². The van der Waals surface area contributed by atoms with Crippen molar-refractivity contribution in [1.82, 2.24) is 14.4 Å². The number of amides is 3. The lowest BCUT2D eigenvalue weighted by Crippen LogP contribution is -2.42. The molecule has 2 saturated heterocycles. The number of aromatic nitrogens is 1. The lowest BCUT2D eigenvalue weighted by atomic mass is 10.1. The molecule has 2 fully saturated rings. The molecule has 0 radical (unpaired) electrons. The standard InChI is InChI=1S/C26H25N3O5S/c30-24(27-10-13-33-14-11-27)18-28-17-19(21-8-4-5-9-22(21)28)16-23-25(31)29(26(32)35-23)12-15-34-20-6-2-1-3-7-20/h1-9,16-17H,10-15,18H2/b23-16-. The van der Waals surface area contributed by atoms with Crippen molar-refractivity contribution in [2.75, 3.05) is 39.5 Å². The first-order valence-electron chi connectivity index (χ1n) is 11.5. The van der Waals surface area contributed by atoms with Gasteiger partial charge in [-0.1, -0.05) is 36.4 Å². The Bertz CT molecular complexity index is 1280. The van der Waals surface area contributed by atoms with Gasteiger partial charge >= 0.3 is 0 Å². The number of nitrogens with zero attached hydrogens (tertiary/aromatic N) is 3. The summed E-state index contributed by atoms with van der Waals surface area (Å²) in [5.41, 5.74) is 1.69. The summed E-state index contributed by atoms with van der Waals surface area (Å²) in [6.07, 6.45) is 3.61. The number of carbonyl (C=O) groups excluding carboxylic acids is 3. The van der Waals surface area contributed by atoms with Gasteiger partial charge in [0.25, 0.3) is 11.1 Å². The zero-order valence-corrected chi connectivity index (χ0v) is 19.9. The van der Waals surface area contributed by atoms with E-state index < -0.39 is 0 Å². The van der Waals surface area contributed by atoms with E-state index in [-0.39, 0.29) is 36.7 Å². The van der Waals surface area contributed by atoms with Crippen LogP contribution < -0.4 is 4.74 Å². The van der Waals surface area contributed by atoms with Crippen LogP contribution in [-0.2, 0) is 20.9 Å². The van der Waals surface area contributed by atoms with Crippen LogP contribution in [0, 0.1) is 0 Å². The highest BCUT2D eigenvalue weighted by Gasteiger charge is 2.35. The Morgan fingerprint density at radius 1 is 1.03 bits per heavy atom. The van der Waals surface area contributed by atoms with Crippen LogP contribution in [0.3, 0.4) is 0 Å². The molecule has 1 aromatic heterocycles. The van der Waals surface area contributed by atoms with Gasteiger partial charge in [0.2, 0.25) is 5.91 Å². The molecule has 180 valence electrons. The second-order valence-corrected chi connectivity index (χ2v) is 9.21. The number of carbonyl (C=O) groups is 3. The smallest absolute Gasteiger partial charge is 0.293 e. The first-order chi connectivity index (χ1) is 17.1. The Morgan fingerprint density at radius 3 is 2.57 bits per heavy atom. The second kappa shape index (κ2) is 10.4. The number of hydrogen-bond acceptors (Lipinski definition) is 6. The number of hydrogen-bond donors (Lipinski definition) is 0. The van der Waals surface area contributed by atoms with Crippen LogP contribution in [0.2, 0.25) is 0 Å². The van der Waals surface area contributed by atoms with Crippen molar-refractivity contribution in [2.24, 2.45) is 0 Å². The SMILES string of the molecule is O=C(Cn1cc(/C=C2\SC(=O)N(CCOc3ccccc3)C2=O)c2ccccc21)N1CCOCC1. The molecular weight excluding hydrogens is 466 g/mol. The minimum atomic E-state index is -0.335. The van der Waals surface area contributed by atoms with Crippen LogP contribution in [0.5, 0.6) is 5.75 Å². The summed E-state index contributed by atoms with van der Waals surface area (Å²) < 4.78 is 12.9. The number of benzene rings is 2. The zero-order chi connectivity index (χ0) is 24.2. The molecule has 0 unspecified atom stereocenters. The molecule has 35 heavy (non-hydrogen) atoms. The maximum absolute atomic E-state index is 13.0. The first-order valence-corrected chi connectivity index (χ1v) is 12.3. The Kier molecular flexibility index (Phi) is 6.87. The van der Waals surface area contributed by atoms with Crippen LogP contribution >= 0.6 is 11.8 Å². The van der Waals surface area contributed by atoms with E-state index in [0.29, 0.717) is 37.0 Å². The predicted octanol–water partition coefficient (Wildman–Crippen LogP) is 3.62. The fourth-order valence-electron chi connectivity index (χ4n) is 4.18. The topological polar surface area (TPSA) is 81.1 Å². The van der Waals surface area contributed by atoms with Gasteiger partial charge in [0.15, 0.2) is 0 Å². The third kappa shape index (κ3) is 5.11. The molecule has 0 atom stereocenters. The molecule has 8 nitrogen and oxygen atoms in total. The quantitative estimate of drug-likeness (QED) is 0.470. The molecule has 0 aliphatic carbocycles. The maximum atomic E-state index is 13.0. The molecule has 3 aromatic rings. The van der Waals surface area contributed by atoms with Crippen molar-refractivity contribution in [2.45, 2.75) is 6.54 Å². The van der Waals surface area contributed by atoms with Crippen LogP contribution in [0.15, 0.2) is 65.7 Å². The number of ether oxygens (including phenoxy) is 2. The largest absolute Gasteiger partial charge is 0.492 e. The fraction of sp³-hybridized carbons (Fsp3) is 0.269. The minimum Gasteiger partial charge on any atom is -0.492 e. The van der Waals surface area contributed by atoms with Crippen molar-refractivity contribution in [3.8, 4) is 5.75 Å². The third-order valence-electron chi connectivity index (χ3n) is 5.98. The molecule has 2 aliphatic rings. The van der Waals surface area contributed by atoms with E-state index in [1.54, 1.807) is 11.0 Å². The van der Waals surface area contributed by atoms with Crippen molar-refractivity contribution in [3.05, 3.63) is 71.3 Å². The van der Waals surface area contributed by atoms with Gasteiger partial charge in [-0.2, -0.15) is 0 Å². The van der Waals surface area contributed by atoms with Crippen LogP contribution in [0.1, 0.15) is 5.56 Å². The molecule has 3 amide bonds. The van der Waals surface area contributed by atoms with Gasteiger partial charge < -0.3 is 18.9 Å². The summed E-state index contributed by atoms with van der Waals surface area (Å²) in [6.45, 7) is 2.88. The lowest BCUT2D eigenvalue weighted by Gasteiger charge is -2.27. The molecule has 0 spiro atoms. The van der Waals surface area contributed by atoms with Crippen LogP contribution in [-0.4, -0.2) is 70.9 Å². The van der Waals surface area contributed by atoms with Gasteiger partial charge in [-0.3, -0.25) is 19.3 Å². The number of para-hydroxylation sites is 2. The number of thioether (sulfide) groups is 1. The summed E-state index contributed by atoms with van der Waals surface area (Å²) in [7, 11) is 0. The van der Waals surface area contributed by atoms with Gasteiger partial charge in [0, 0.05) is 35.8 Å². The van der Waals surface area contributed by atoms with Gasteiger partial charge in [-0.15, -0.1) is 0 Å². The molecule has 3 heterocycles. The van der Waals surface area contributed by atoms with E-state index in [1.807, 2.05) is 65.4 Å². The molecule has 0 N–H and O–H groups in total. The number of morpholine rings is 1. The molecule has 0 bridgehead atoms. The Morgan fingerprint density at radius 2 is 1.77 bits per heavy atom. The molecule has 0 saturated carbocycles. The normalized spacial score (nSPS) is 17.5. The van der Waals surface area contributed by atoms with Crippen LogP contribution in [0.25, 0.3) is 17.0 Å². The number of rotatable bonds is 7. The highest BCUT2D eigenvalue weighted by atomic mass is 32.2. The van der Waals surface area contributed by atoms with E-state index in [2.05, 4.69) is 0 Å². The summed E-state index contributed by atoms with van der Waals surface area (Å²) >= 11 is 0.922. The first kappa shape index (κ1) is 23.2. The Balaban J connectivity index is 1.32. The van der Waals surface area contributed by atoms with Crippen LogP contribution in [0.4, 0.5) is 4.79 Å². The summed E-state index contributed by atoms with van der Waals surface area (Å²) in [6, 6.07) is 17.0. The van der Waals surface area contributed by atoms with Gasteiger partial charge in [0.05, 0.1) is 24.7 Å². The van der Waals surface area contributed by atoms with Crippen molar-refractivity contribution in [1.29, 1.82) is 0 Å². The van der Waals surface area contributed by atoms with E-state index in [1.165, 1.54) is 4.90 Å². The molecule has 9 heteroatoms. The number of imide groups is 1. The Hall–Kier alpha value is -3.56. The third-order valence-corrected chi connectivity index (χ3v) is 6.88. The lowest BCUT2D eigenvalue weighted by molar-refractivity contribution is -0.135. The molecule has 2 aliphatic heterocycles.